The van der Waals surface area contributed by atoms with Gasteiger partial charge in [-0.1, -0.05) is 81.3 Å². The van der Waals surface area contributed by atoms with Gasteiger partial charge < -0.3 is 41.2 Å². The van der Waals surface area contributed by atoms with Crippen LogP contribution in [0.1, 0.15) is 124 Å². The number of aromatic hydroxyl groups is 1. The molecule has 4 aliphatic rings. The van der Waals surface area contributed by atoms with Crippen LogP contribution in [-0.2, 0) is 14.4 Å². The number of fused-ring (bicyclic) bond motifs is 3. The van der Waals surface area contributed by atoms with E-state index in [1.165, 1.54) is 30.3 Å². The summed E-state index contributed by atoms with van der Waals surface area (Å²) in [4.78, 5) is 75.0. The normalized spacial score (nSPS) is 16.6. The number of anilines is 1. The van der Waals surface area contributed by atoms with Gasteiger partial charge in [0.15, 0.2) is 5.43 Å². The molecular formula is C54H65N5O9S2. The van der Waals surface area contributed by atoms with Gasteiger partial charge in [-0.25, -0.2) is 9.59 Å². The third-order valence-electron chi connectivity index (χ3n) is 13.0. The molecule has 0 radical (unpaired) electrons. The minimum absolute atomic E-state index is 0.0401. The van der Waals surface area contributed by atoms with E-state index in [0.29, 0.717) is 58.9 Å². The first-order chi connectivity index (χ1) is 34.0. The minimum Gasteiger partial charge on any atom is -0.508 e. The van der Waals surface area contributed by atoms with Crippen LogP contribution in [-0.4, -0.2) is 81.9 Å². The summed E-state index contributed by atoms with van der Waals surface area (Å²) in [5, 5.41) is 36.1. The van der Waals surface area contributed by atoms with Gasteiger partial charge in [0.2, 0.25) is 17.7 Å². The van der Waals surface area contributed by atoms with E-state index in [1.54, 1.807) is 36.0 Å². The SMILES string of the molecule is O=C(CCCCCCCCCCSC(C(=O)Nc1ccc(-c2c3ccc(=O)cc-3oc3cc(O)ccc23)c(C(=O)O)c1)c1ccccc1)NCCCCCNC(=O)CCCCC1SC[C@@H]2NC(=O)N[C@H]12. The number of benzene rings is 4. The van der Waals surface area contributed by atoms with Crippen molar-refractivity contribution in [2.75, 3.05) is 29.9 Å². The Balaban J connectivity index is 0.744. The van der Waals surface area contributed by atoms with Crippen LogP contribution in [0, 0.1) is 0 Å². The lowest BCUT2D eigenvalue weighted by Crippen LogP contribution is -2.36. The summed E-state index contributed by atoms with van der Waals surface area (Å²) < 4.78 is 5.95. The monoisotopic (exact) mass is 991 g/mol. The zero-order valence-electron chi connectivity index (χ0n) is 39.6. The molecule has 5 amide bonds. The smallest absolute Gasteiger partial charge is 0.336 e. The van der Waals surface area contributed by atoms with Gasteiger partial charge in [0.05, 0.1) is 17.6 Å². The van der Waals surface area contributed by atoms with Gasteiger partial charge in [-0.15, -0.1) is 11.8 Å². The van der Waals surface area contributed by atoms with Crippen LogP contribution in [0.15, 0.2) is 94.1 Å². The molecule has 3 aromatic rings. The van der Waals surface area contributed by atoms with E-state index in [9.17, 15) is 39.0 Å². The van der Waals surface area contributed by atoms with Gasteiger partial charge in [0.1, 0.15) is 22.3 Å². The lowest BCUT2D eigenvalue weighted by atomic mass is 9.90. The number of phenolic OH excluding ortho intramolecular Hbond substituents is 1. The van der Waals surface area contributed by atoms with Gasteiger partial charge in [0, 0.05) is 71.3 Å². The molecule has 0 bridgehead atoms. The van der Waals surface area contributed by atoms with Gasteiger partial charge in [0.25, 0.3) is 0 Å². The van der Waals surface area contributed by atoms with Crippen molar-refractivity contribution >= 4 is 69.9 Å². The Morgan fingerprint density at radius 1 is 0.729 bits per heavy atom. The van der Waals surface area contributed by atoms with Crippen molar-refractivity contribution in [2.24, 2.45) is 0 Å². The second-order valence-corrected chi connectivity index (χ2v) is 20.7. The number of thioether (sulfide) groups is 2. The Labute approximate surface area is 417 Å². The molecule has 16 heteroatoms. The predicted octanol–water partition coefficient (Wildman–Crippen LogP) is 10.0. The van der Waals surface area contributed by atoms with E-state index in [0.717, 1.165) is 107 Å². The van der Waals surface area contributed by atoms with Gasteiger partial charge in [-0.3, -0.25) is 19.2 Å². The molecule has 0 spiro atoms. The third kappa shape index (κ3) is 14.8. The summed E-state index contributed by atoms with van der Waals surface area (Å²) in [5.41, 5.74) is 2.59. The molecule has 1 aliphatic carbocycles. The number of amides is 5. The number of hydrogen-bond donors (Lipinski definition) is 7. The van der Waals surface area contributed by atoms with Crippen molar-refractivity contribution in [2.45, 2.75) is 125 Å². The van der Waals surface area contributed by atoms with Crippen LogP contribution in [0.3, 0.4) is 0 Å². The summed E-state index contributed by atoms with van der Waals surface area (Å²) in [6.45, 7) is 1.31. The fraction of sp³-hybridized carbons (Fsp3) is 0.444. The van der Waals surface area contributed by atoms with E-state index in [2.05, 4.69) is 26.6 Å². The molecule has 0 aromatic heterocycles. The van der Waals surface area contributed by atoms with Crippen molar-refractivity contribution in [1.82, 2.24) is 21.3 Å². The maximum absolute atomic E-state index is 13.9. The van der Waals surface area contributed by atoms with Gasteiger partial charge in [-0.05, 0) is 98.2 Å². The molecule has 3 heterocycles. The number of unbranched alkanes of at least 4 members (excludes halogenated alkanes) is 10. The summed E-state index contributed by atoms with van der Waals surface area (Å²) in [7, 11) is 0. The Kier molecular flexibility index (Phi) is 19.5. The minimum atomic E-state index is -1.19. The van der Waals surface area contributed by atoms with E-state index in [-0.39, 0.29) is 63.9 Å². The van der Waals surface area contributed by atoms with Crippen LogP contribution < -0.4 is 32.0 Å². The summed E-state index contributed by atoms with van der Waals surface area (Å²) >= 11 is 3.47. The largest absolute Gasteiger partial charge is 0.508 e. The highest BCUT2D eigenvalue weighted by Gasteiger charge is 2.42. The molecule has 3 aromatic carbocycles. The molecule has 3 aliphatic heterocycles. The first-order valence-corrected chi connectivity index (χ1v) is 26.9. The number of hydrogen-bond acceptors (Lipinski definition) is 10. The molecule has 7 N–H and O–H groups in total. The Bertz CT molecular complexity index is 2610. The summed E-state index contributed by atoms with van der Waals surface area (Å²) in [6.07, 6.45) is 15.0. The fourth-order valence-corrected chi connectivity index (χ4v) is 12.0. The highest BCUT2D eigenvalue weighted by Crippen LogP contribution is 2.43. The van der Waals surface area contributed by atoms with Crippen molar-refractivity contribution in [3.63, 3.8) is 0 Å². The van der Waals surface area contributed by atoms with Crippen LogP contribution in [0.4, 0.5) is 10.5 Å². The number of carboxylic acid groups (broad SMARTS) is 1. The molecule has 372 valence electrons. The number of phenols is 1. The molecule has 2 fully saturated rings. The van der Waals surface area contributed by atoms with Crippen LogP contribution in [0.2, 0.25) is 0 Å². The maximum atomic E-state index is 13.9. The first kappa shape index (κ1) is 51.8. The quantitative estimate of drug-likeness (QED) is 0.0142. The predicted molar refractivity (Wildman–Crippen MR) is 279 cm³/mol. The average molecular weight is 992 g/mol. The Morgan fingerprint density at radius 2 is 1.40 bits per heavy atom. The highest BCUT2D eigenvalue weighted by molar-refractivity contribution is 8.00. The van der Waals surface area contributed by atoms with Crippen LogP contribution >= 0.6 is 23.5 Å². The Morgan fingerprint density at radius 3 is 2.13 bits per heavy atom. The standard InChI is InChI=1S/C54H65N5O9S2/c60-37-23-26-40-44(32-37)68-45-33-38(61)24-27-41(45)49(40)39-25-22-36(31-42(39)53(65)66)57-52(64)51(35-17-9-7-10-18-35)69-30-16-6-4-2-1-3-5-11-20-47(62)55-28-14-8-15-29-56-48(63)21-13-12-19-46-50-43(34-70-46)58-54(67)59-50/h7,9-10,17-18,22-27,31-33,43,46,50-51,60H,1-6,8,11-16,19-21,28-30,34H2,(H,55,62)(H,56,63)(H,57,64)(H,65,66)(H2,58,59,67)/t43-,46?,50-,51?/m0/s1. The molecule has 2 saturated heterocycles. The number of aromatic carboxylic acids is 1. The molecule has 4 atom stereocenters. The molecular weight excluding hydrogens is 927 g/mol. The lowest BCUT2D eigenvalue weighted by Gasteiger charge is -2.19. The zero-order chi connectivity index (χ0) is 49.2. The van der Waals surface area contributed by atoms with Crippen LogP contribution in [0.5, 0.6) is 5.75 Å². The lowest BCUT2D eigenvalue weighted by molar-refractivity contribution is -0.121. The van der Waals surface area contributed by atoms with Crippen molar-refractivity contribution < 1.29 is 38.6 Å². The number of nitrogens with one attached hydrogen (secondary N) is 5. The second kappa shape index (κ2) is 26.3. The second-order valence-electron chi connectivity index (χ2n) is 18.2. The third-order valence-corrected chi connectivity index (χ3v) is 15.8. The van der Waals surface area contributed by atoms with Crippen molar-refractivity contribution in [3.8, 4) is 28.2 Å². The van der Waals surface area contributed by atoms with Gasteiger partial charge in [-0.2, -0.15) is 11.8 Å². The van der Waals surface area contributed by atoms with E-state index < -0.39 is 11.2 Å². The maximum Gasteiger partial charge on any atom is 0.336 e. The average Bonchev–Trinajstić information content (AvgIpc) is 3.91. The first-order valence-electron chi connectivity index (χ1n) is 24.8. The molecule has 14 nitrogen and oxygen atoms in total. The number of urea groups is 1. The topological polar surface area (TPSA) is 216 Å². The van der Waals surface area contributed by atoms with E-state index >= 15 is 0 Å². The fourth-order valence-electron chi connectivity index (χ4n) is 9.31. The number of carboxylic acids is 1. The summed E-state index contributed by atoms with van der Waals surface area (Å²) in [6, 6.07) is 23.6. The number of rotatable bonds is 28. The molecule has 2 unspecified atom stereocenters. The van der Waals surface area contributed by atoms with Crippen molar-refractivity contribution in [1.29, 1.82) is 0 Å². The number of carbonyl (C=O) groups is 5. The molecule has 0 saturated carbocycles. The molecule has 70 heavy (non-hydrogen) atoms. The highest BCUT2D eigenvalue weighted by atomic mass is 32.2. The van der Waals surface area contributed by atoms with Crippen LogP contribution in [0.25, 0.3) is 33.4 Å². The van der Waals surface area contributed by atoms with Gasteiger partial charge >= 0.3 is 12.0 Å². The number of carbonyl (C=O) groups excluding carboxylic acids is 4. The summed E-state index contributed by atoms with van der Waals surface area (Å²) in [5.74, 6) is 0.687. The van der Waals surface area contributed by atoms with Crippen molar-refractivity contribution in [3.05, 3.63) is 106 Å². The van der Waals surface area contributed by atoms with E-state index in [4.69, 9.17) is 4.42 Å². The zero-order valence-corrected chi connectivity index (χ0v) is 41.2. The Hall–Kier alpha value is -6.00. The molecule has 7 rings (SSSR count). The van der Waals surface area contributed by atoms with E-state index in [1.807, 2.05) is 42.1 Å².